The lowest BCUT2D eigenvalue weighted by Crippen LogP contribution is -2.16. The van der Waals surface area contributed by atoms with Gasteiger partial charge in [-0.05, 0) is 23.9 Å². The molecule has 0 amide bonds. The van der Waals surface area contributed by atoms with Gasteiger partial charge in [-0.1, -0.05) is 0 Å². The van der Waals surface area contributed by atoms with Gasteiger partial charge in [0, 0.05) is 36.3 Å². The van der Waals surface area contributed by atoms with Crippen molar-refractivity contribution in [2.24, 2.45) is 0 Å². The Hall–Kier alpha value is -0.550. The summed E-state index contributed by atoms with van der Waals surface area (Å²) in [6.45, 7) is 4.11. The van der Waals surface area contributed by atoms with Gasteiger partial charge in [0.2, 0.25) is 0 Å². The van der Waals surface area contributed by atoms with Crippen molar-refractivity contribution >= 4 is 36.2 Å². The maximum atomic E-state index is 3.98. The fourth-order valence-corrected chi connectivity index (χ4v) is 2.31. The van der Waals surface area contributed by atoms with E-state index in [0.717, 1.165) is 19.5 Å². The molecular formula is C11H17Cl2N3S. The molecule has 0 bridgehead atoms. The van der Waals surface area contributed by atoms with Crippen molar-refractivity contribution in [1.29, 1.82) is 0 Å². The van der Waals surface area contributed by atoms with Crippen LogP contribution in [0.15, 0.2) is 24.0 Å². The molecule has 0 aliphatic carbocycles. The molecule has 2 rings (SSSR count). The van der Waals surface area contributed by atoms with Gasteiger partial charge in [-0.25, -0.2) is 4.98 Å². The van der Waals surface area contributed by atoms with Gasteiger partial charge in [-0.2, -0.15) is 0 Å². The van der Waals surface area contributed by atoms with Crippen molar-refractivity contribution in [3.63, 3.8) is 0 Å². The van der Waals surface area contributed by atoms with Crippen LogP contribution in [0, 0.1) is 6.92 Å². The van der Waals surface area contributed by atoms with Crippen LogP contribution in [0.2, 0.25) is 0 Å². The lowest BCUT2D eigenvalue weighted by molar-refractivity contribution is 0.686. The van der Waals surface area contributed by atoms with E-state index in [1.54, 1.807) is 6.33 Å². The largest absolute Gasteiger partial charge is 0.348 e. The molecule has 0 saturated heterocycles. The van der Waals surface area contributed by atoms with Crippen molar-refractivity contribution in [3.05, 3.63) is 40.1 Å². The quantitative estimate of drug-likeness (QED) is 0.832. The summed E-state index contributed by atoms with van der Waals surface area (Å²) < 4.78 is 0. The number of rotatable bonds is 5. The average molecular weight is 294 g/mol. The van der Waals surface area contributed by atoms with Crippen LogP contribution in [0.4, 0.5) is 0 Å². The number of aryl methyl sites for hydroxylation is 1. The Morgan fingerprint density at radius 2 is 2.24 bits per heavy atom. The number of nitrogens with one attached hydrogen (secondary N) is 2. The van der Waals surface area contributed by atoms with E-state index in [0.29, 0.717) is 0 Å². The zero-order chi connectivity index (χ0) is 10.5. The summed E-state index contributed by atoms with van der Waals surface area (Å²) in [4.78, 5) is 8.51. The van der Waals surface area contributed by atoms with Crippen molar-refractivity contribution in [1.82, 2.24) is 15.3 Å². The summed E-state index contributed by atoms with van der Waals surface area (Å²) in [6.07, 6.45) is 4.60. The first-order valence-corrected chi connectivity index (χ1v) is 5.95. The molecule has 2 aromatic rings. The molecule has 0 aliphatic heterocycles. The Morgan fingerprint density at radius 1 is 1.41 bits per heavy atom. The lowest BCUT2D eigenvalue weighted by atomic mass is 10.3. The SMILES string of the molecule is Cc1ccsc1CNCCc1cnc[nH]1.Cl.Cl. The number of halogens is 2. The monoisotopic (exact) mass is 293 g/mol. The van der Waals surface area contributed by atoms with Gasteiger partial charge in [-0.3, -0.25) is 0 Å². The highest BCUT2D eigenvalue weighted by Gasteiger charge is 1.99. The number of imidazole rings is 1. The Balaban J connectivity index is 0.00000128. The first-order valence-electron chi connectivity index (χ1n) is 5.07. The molecule has 0 aromatic carbocycles. The van der Waals surface area contributed by atoms with Gasteiger partial charge in [0.15, 0.2) is 0 Å². The Morgan fingerprint density at radius 3 is 2.82 bits per heavy atom. The van der Waals surface area contributed by atoms with Gasteiger partial charge in [0.25, 0.3) is 0 Å². The van der Waals surface area contributed by atoms with E-state index in [1.807, 2.05) is 17.5 Å². The van der Waals surface area contributed by atoms with E-state index in [4.69, 9.17) is 0 Å². The number of nitrogens with zero attached hydrogens (tertiary/aromatic N) is 1. The smallest absolute Gasteiger partial charge is 0.0921 e. The molecule has 96 valence electrons. The molecule has 0 fully saturated rings. The van der Waals surface area contributed by atoms with Gasteiger partial charge in [0.1, 0.15) is 0 Å². The Kier molecular flexibility index (Phi) is 8.25. The molecule has 2 N–H and O–H groups in total. The minimum absolute atomic E-state index is 0. The first kappa shape index (κ1) is 16.4. The number of H-pyrrole nitrogens is 1. The van der Waals surface area contributed by atoms with Gasteiger partial charge < -0.3 is 10.3 Å². The second kappa shape index (κ2) is 8.53. The third-order valence-electron chi connectivity index (χ3n) is 2.38. The maximum Gasteiger partial charge on any atom is 0.0921 e. The molecule has 2 aromatic heterocycles. The van der Waals surface area contributed by atoms with Crippen molar-refractivity contribution in [2.45, 2.75) is 19.9 Å². The number of aromatic amines is 1. The highest BCUT2D eigenvalue weighted by molar-refractivity contribution is 7.10. The second-order valence-corrected chi connectivity index (χ2v) is 4.53. The van der Waals surface area contributed by atoms with Crippen molar-refractivity contribution in [3.8, 4) is 0 Å². The zero-order valence-electron chi connectivity index (χ0n) is 9.60. The molecule has 0 spiro atoms. The number of hydrogen-bond acceptors (Lipinski definition) is 3. The third kappa shape index (κ3) is 5.08. The van der Waals surface area contributed by atoms with Gasteiger partial charge in [0.05, 0.1) is 6.33 Å². The minimum atomic E-state index is 0. The average Bonchev–Trinajstić information content (AvgIpc) is 2.85. The van der Waals surface area contributed by atoms with Crippen LogP contribution >= 0.6 is 36.2 Å². The topological polar surface area (TPSA) is 40.7 Å². The molecule has 17 heavy (non-hydrogen) atoms. The lowest BCUT2D eigenvalue weighted by Gasteiger charge is -2.02. The van der Waals surface area contributed by atoms with Crippen LogP contribution in [0.25, 0.3) is 0 Å². The summed E-state index contributed by atoms with van der Waals surface area (Å²) in [5, 5.41) is 5.57. The maximum absolute atomic E-state index is 3.98. The number of aromatic nitrogens is 2. The molecule has 0 radical (unpaired) electrons. The summed E-state index contributed by atoms with van der Waals surface area (Å²) >= 11 is 1.81. The highest BCUT2D eigenvalue weighted by Crippen LogP contribution is 2.14. The summed E-state index contributed by atoms with van der Waals surface area (Å²) in [5.74, 6) is 0. The normalized spacial score (nSPS) is 9.47. The highest BCUT2D eigenvalue weighted by atomic mass is 35.5. The minimum Gasteiger partial charge on any atom is -0.348 e. The molecule has 0 unspecified atom stereocenters. The van der Waals surface area contributed by atoms with E-state index in [1.165, 1.54) is 16.1 Å². The van der Waals surface area contributed by atoms with E-state index in [2.05, 4.69) is 33.7 Å². The summed E-state index contributed by atoms with van der Waals surface area (Å²) in [7, 11) is 0. The second-order valence-electron chi connectivity index (χ2n) is 3.53. The number of thiophene rings is 1. The van der Waals surface area contributed by atoms with Crippen LogP contribution in [0.5, 0.6) is 0 Å². The number of hydrogen-bond donors (Lipinski definition) is 2. The summed E-state index contributed by atoms with van der Waals surface area (Å²) in [6, 6.07) is 2.16. The zero-order valence-corrected chi connectivity index (χ0v) is 12.1. The van der Waals surface area contributed by atoms with Crippen molar-refractivity contribution < 1.29 is 0 Å². The molecule has 2 heterocycles. The van der Waals surface area contributed by atoms with Crippen LogP contribution in [-0.2, 0) is 13.0 Å². The van der Waals surface area contributed by atoms with Crippen LogP contribution in [-0.4, -0.2) is 16.5 Å². The standard InChI is InChI=1S/C11H15N3S.2ClH/c1-9-3-5-15-11(9)7-12-4-2-10-6-13-8-14-10;;/h3,5-6,8,12H,2,4,7H2,1H3,(H,13,14);2*1H. The van der Waals surface area contributed by atoms with E-state index >= 15 is 0 Å². The van der Waals surface area contributed by atoms with E-state index < -0.39 is 0 Å². The van der Waals surface area contributed by atoms with E-state index in [9.17, 15) is 0 Å². The molecule has 0 saturated carbocycles. The van der Waals surface area contributed by atoms with Gasteiger partial charge >= 0.3 is 0 Å². The molecule has 3 nitrogen and oxygen atoms in total. The predicted molar refractivity (Wildman–Crippen MR) is 77.6 cm³/mol. The van der Waals surface area contributed by atoms with Crippen LogP contribution in [0.1, 0.15) is 16.1 Å². The molecule has 6 heteroatoms. The fourth-order valence-electron chi connectivity index (χ4n) is 1.43. The van der Waals surface area contributed by atoms with Crippen LogP contribution < -0.4 is 5.32 Å². The van der Waals surface area contributed by atoms with Gasteiger partial charge in [-0.15, -0.1) is 36.2 Å². The third-order valence-corrected chi connectivity index (χ3v) is 3.40. The Bertz CT molecular complexity index is 401. The fraction of sp³-hybridized carbons (Fsp3) is 0.364. The first-order chi connectivity index (χ1) is 7.36. The molecule has 0 atom stereocenters. The van der Waals surface area contributed by atoms with Crippen LogP contribution in [0.3, 0.4) is 0 Å². The summed E-state index contributed by atoms with van der Waals surface area (Å²) in [5.41, 5.74) is 2.57. The molecule has 0 aliphatic rings. The molecular weight excluding hydrogens is 277 g/mol. The van der Waals surface area contributed by atoms with Crippen molar-refractivity contribution in [2.75, 3.05) is 6.54 Å². The Labute approximate surface area is 118 Å². The van der Waals surface area contributed by atoms with E-state index in [-0.39, 0.29) is 24.8 Å². The predicted octanol–water partition coefficient (Wildman–Crippen LogP) is 2.96.